The van der Waals surface area contributed by atoms with Crippen LogP contribution in [0.5, 0.6) is 0 Å². The van der Waals surface area contributed by atoms with E-state index in [2.05, 4.69) is 15.6 Å². The van der Waals surface area contributed by atoms with E-state index in [1.54, 1.807) is 12.1 Å². The van der Waals surface area contributed by atoms with Crippen molar-refractivity contribution in [1.29, 1.82) is 0 Å². The van der Waals surface area contributed by atoms with Gasteiger partial charge in [0.15, 0.2) is 15.8 Å². The Morgan fingerprint density at radius 2 is 1.86 bits per heavy atom. The highest BCUT2D eigenvalue weighted by atomic mass is 32.2. The molecule has 0 atom stereocenters. The van der Waals surface area contributed by atoms with E-state index in [-0.39, 0.29) is 28.4 Å². The number of rotatable bonds is 8. The van der Waals surface area contributed by atoms with E-state index >= 15 is 0 Å². The van der Waals surface area contributed by atoms with E-state index in [1.807, 2.05) is 13.0 Å². The molecular formula is C21H25F2N3O2S. The lowest BCUT2D eigenvalue weighted by atomic mass is 9.96. The van der Waals surface area contributed by atoms with Gasteiger partial charge < -0.3 is 10.6 Å². The van der Waals surface area contributed by atoms with Gasteiger partial charge in [-0.2, -0.15) is 0 Å². The van der Waals surface area contributed by atoms with Crippen LogP contribution in [0.3, 0.4) is 0 Å². The molecule has 2 aromatic carbocycles. The molecule has 1 aliphatic rings. The summed E-state index contributed by atoms with van der Waals surface area (Å²) in [5.41, 5.74) is 0.767. The molecule has 3 rings (SSSR count). The summed E-state index contributed by atoms with van der Waals surface area (Å²) in [6.45, 7) is 3.09. The second-order valence-electron chi connectivity index (χ2n) is 7.16. The molecule has 2 aromatic rings. The number of nitrogens with zero attached hydrogens (tertiary/aromatic N) is 1. The third kappa shape index (κ3) is 5.32. The van der Waals surface area contributed by atoms with Crippen molar-refractivity contribution < 1.29 is 17.2 Å². The summed E-state index contributed by atoms with van der Waals surface area (Å²) in [5.74, 6) is -0.785. The van der Waals surface area contributed by atoms with Crippen LogP contribution in [0, 0.1) is 11.6 Å². The maximum Gasteiger partial charge on any atom is 0.191 e. The van der Waals surface area contributed by atoms with Gasteiger partial charge in [-0.3, -0.25) is 4.99 Å². The van der Waals surface area contributed by atoms with Gasteiger partial charge in [0.1, 0.15) is 16.5 Å². The molecular weight excluding hydrogens is 396 g/mol. The summed E-state index contributed by atoms with van der Waals surface area (Å²) in [6, 6.07) is 11.9. The molecule has 5 nitrogen and oxygen atoms in total. The van der Waals surface area contributed by atoms with Crippen LogP contribution in [0.2, 0.25) is 0 Å². The van der Waals surface area contributed by atoms with Crippen molar-refractivity contribution >= 4 is 15.8 Å². The Kier molecular flexibility index (Phi) is 6.52. The molecule has 0 spiro atoms. The molecule has 0 unspecified atom stereocenters. The summed E-state index contributed by atoms with van der Waals surface area (Å²) < 4.78 is 52.0. The van der Waals surface area contributed by atoms with Gasteiger partial charge in [-0.15, -0.1) is 0 Å². The number of nitrogens with one attached hydrogen (secondary N) is 2. The summed E-state index contributed by atoms with van der Waals surface area (Å²) in [7, 11) is -3.74. The summed E-state index contributed by atoms with van der Waals surface area (Å²) in [5, 5.41) is 6.07. The van der Waals surface area contributed by atoms with Crippen molar-refractivity contribution in [2.75, 3.05) is 25.4 Å². The first-order valence-corrected chi connectivity index (χ1v) is 11.3. The van der Waals surface area contributed by atoms with E-state index in [1.165, 1.54) is 24.3 Å². The Balaban J connectivity index is 1.62. The molecule has 0 amide bonds. The Hall–Kier alpha value is -2.48. The Labute approximate surface area is 170 Å². The highest BCUT2D eigenvalue weighted by Gasteiger charge is 2.44. The molecule has 0 aromatic heterocycles. The topological polar surface area (TPSA) is 70.6 Å². The lowest BCUT2D eigenvalue weighted by Gasteiger charge is -2.16. The molecule has 0 saturated heterocycles. The molecule has 0 radical (unpaired) electrons. The zero-order valence-corrected chi connectivity index (χ0v) is 17.1. The average molecular weight is 422 g/mol. The minimum atomic E-state index is -3.74. The first-order chi connectivity index (χ1) is 13.9. The second-order valence-corrected chi connectivity index (χ2v) is 9.24. The van der Waals surface area contributed by atoms with Crippen molar-refractivity contribution in [3.05, 3.63) is 65.7 Å². The number of hydrogen-bond acceptors (Lipinski definition) is 3. The van der Waals surface area contributed by atoms with Crippen LogP contribution >= 0.6 is 0 Å². The zero-order chi connectivity index (χ0) is 20.9. The van der Waals surface area contributed by atoms with Crippen LogP contribution in [-0.2, 0) is 15.3 Å². The third-order valence-corrected chi connectivity index (χ3v) is 6.75. The molecule has 29 heavy (non-hydrogen) atoms. The van der Waals surface area contributed by atoms with Crippen LogP contribution in [0.15, 0.2) is 58.4 Å². The fourth-order valence-electron chi connectivity index (χ4n) is 3.19. The molecule has 0 bridgehead atoms. The van der Waals surface area contributed by atoms with Gasteiger partial charge in [-0.1, -0.05) is 24.3 Å². The standard InChI is InChI=1S/C21H25F2N3O2S/c1-2-24-20(25-12-13-29(27,28)19-9-4-3-8-18(19)23)26-15-21(10-11-21)16-6-5-7-17(22)14-16/h3-9,14H,2,10-13,15H2,1H3,(H2,24,25,26). The van der Waals surface area contributed by atoms with Crippen molar-refractivity contribution in [3.63, 3.8) is 0 Å². The molecule has 0 aliphatic heterocycles. The second kappa shape index (κ2) is 8.90. The quantitative estimate of drug-likeness (QED) is 0.508. The zero-order valence-electron chi connectivity index (χ0n) is 16.3. The normalized spacial score (nSPS) is 15.8. The number of sulfone groups is 1. The summed E-state index contributed by atoms with van der Waals surface area (Å²) >= 11 is 0. The number of aliphatic imine (C=N–C) groups is 1. The number of hydrogen-bond donors (Lipinski definition) is 2. The van der Waals surface area contributed by atoms with Crippen molar-refractivity contribution in [2.24, 2.45) is 4.99 Å². The van der Waals surface area contributed by atoms with Crippen LogP contribution in [-0.4, -0.2) is 39.8 Å². The van der Waals surface area contributed by atoms with Crippen LogP contribution in [0.25, 0.3) is 0 Å². The van der Waals surface area contributed by atoms with E-state index in [0.29, 0.717) is 19.0 Å². The molecule has 1 saturated carbocycles. The van der Waals surface area contributed by atoms with E-state index in [4.69, 9.17) is 0 Å². The maximum atomic E-state index is 13.8. The summed E-state index contributed by atoms with van der Waals surface area (Å²) in [4.78, 5) is 4.27. The van der Waals surface area contributed by atoms with Gasteiger partial charge in [-0.05, 0) is 49.6 Å². The first-order valence-electron chi connectivity index (χ1n) is 9.62. The molecule has 1 aliphatic carbocycles. The van der Waals surface area contributed by atoms with Gasteiger partial charge in [0.25, 0.3) is 0 Å². The van der Waals surface area contributed by atoms with Crippen molar-refractivity contribution in [2.45, 2.75) is 30.1 Å². The highest BCUT2D eigenvalue weighted by molar-refractivity contribution is 7.91. The van der Waals surface area contributed by atoms with Crippen LogP contribution < -0.4 is 10.6 Å². The molecule has 2 N–H and O–H groups in total. The Morgan fingerprint density at radius 3 is 2.52 bits per heavy atom. The van der Waals surface area contributed by atoms with Crippen molar-refractivity contribution in [3.8, 4) is 0 Å². The number of guanidine groups is 1. The first kappa shape index (κ1) is 21.2. The average Bonchev–Trinajstić information content (AvgIpc) is 3.47. The van der Waals surface area contributed by atoms with Gasteiger partial charge in [0.2, 0.25) is 0 Å². The van der Waals surface area contributed by atoms with Gasteiger partial charge >= 0.3 is 0 Å². The minimum absolute atomic E-state index is 0.0927. The molecule has 8 heteroatoms. The Bertz CT molecular complexity index is 989. The monoisotopic (exact) mass is 421 g/mol. The Morgan fingerprint density at radius 1 is 1.10 bits per heavy atom. The van der Waals surface area contributed by atoms with Gasteiger partial charge in [0, 0.05) is 18.5 Å². The number of halogens is 2. The predicted molar refractivity (Wildman–Crippen MR) is 110 cm³/mol. The fraction of sp³-hybridized carbons (Fsp3) is 0.381. The van der Waals surface area contributed by atoms with Gasteiger partial charge in [-0.25, -0.2) is 17.2 Å². The number of benzene rings is 2. The SMILES string of the molecule is CCNC(=NCC1(c2cccc(F)c2)CC1)NCCS(=O)(=O)c1ccccc1F. The fourth-order valence-corrected chi connectivity index (χ4v) is 4.43. The van der Waals surface area contributed by atoms with E-state index < -0.39 is 15.7 Å². The van der Waals surface area contributed by atoms with Crippen molar-refractivity contribution in [1.82, 2.24) is 10.6 Å². The molecule has 1 fully saturated rings. The highest BCUT2D eigenvalue weighted by Crippen LogP contribution is 2.48. The lowest BCUT2D eigenvalue weighted by molar-refractivity contribution is 0.566. The lowest BCUT2D eigenvalue weighted by Crippen LogP contribution is -2.40. The van der Waals surface area contributed by atoms with Crippen LogP contribution in [0.1, 0.15) is 25.3 Å². The largest absolute Gasteiger partial charge is 0.357 e. The molecule has 0 heterocycles. The molecule has 156 valence electrons. The smallest absolute Gasteiger partial charge is 0.191 e. The summed E-state index contributed by atoms with van der Waals surface area (Å²) in [6.07, 6.45) is 1.86. The maximum absolute atomic E-state index is 13.8. The van der Waals surface area contributed by atoms with Crippen LogP contribution in [0.4, 0.5) is 8.78 Å². The predicted octanol–water partition coefficient (Wildman–Crippen LogP) is 3.03. The van der Waals surface area contributed by atoms with Gasteiger partial charge in [0.05, 0.1) is 12.3 Å². The minimum Gasteiger partial charge on any atom is -0.357 e. The van der Waals surface area contributed by atoms with E-state index in [0.717, 1.165) is 24.5 Å². The third-order valence-electron chi connectivity index (χ3n) is 5.01. The van der Waals surface area contributed by atoms with E-state index in [9.17, 15) is 17.2 Å².